The number of halogens is 1. The Kier molecular flexibility index (Phi) is 24.1. The number of rotatable bonds is 23. The molecule has 0 saturated heterocycles. The highest BCUT2D eigenvalue weighted by Gasteiger charge is 2.19. The average molecular weight is 733 g/mol. The molecule has 0 fully saturated rings. The molecule has 1 aromatic carbocycles. The van der Waals surface area contributed by atoms with Crippen molar-refractivity contribution in [2.45, 2.75) is 159 Å². The van der Waals surface area contributed by atoms with E-state index in [4.69, 9.17) is 9.47 Å². The molecule has 0 aliphatic carbocycles. The van der Waals surface area contributed by atoms with Crippen molar-refractivity contribution in [2.75, 3.05) is 13.3 Å². The van der Waals surface area contributed by atoms with E-state index in [1.807, 2.05) is 0 Å². The summed E-state index contributed by atoms with van der Waals surface area (Å²) in [7, 11) is 0. The quantitative estimate of drug-likeness (QED) is 0.105. The highest BCUT2D eigenvalue weighted by molar-refractivity contribution is 5.85. The fraction of sp³-hybridized carbons (Fsp3) is 0.542. The van der Waals surface area contributed by atoms with Gasteiger partial charge in [0.2, 0.25) is 6.79 Å². The van der Waals surface area contributed by atoms with Gasteiger partial charge in [0.15, 0.2) is 11.5 Å². The summed E-state index contributed by atoms with van der Waals surface area (Å²) in [4.78, 5) is 2.66. The van der Waals surface area contributed by atoms with Gasteiger partial charge >= 0.3 is 0 Å². The topological polar surface area (TPSA) is 21.7 Å². The van der Waals surface area contributed by atoms with Crippen LogP contribution < -0.4 is 9.47 Å². The predicted molar refractivity (Wildman–Crippen MR) is 232 cm³/mol. The van der Waals surface area contributed by atoms with Crippen LogP contribution in [-0.4, -0.2) is 24.3 Å². The number of fused-ring (bicyclic) bond motifs is 1. The molecular formula is C48H74ClNO2. The van der Waals surface area contributed by atoms with Crippen LogP contribution in [0.1, 0.15) is 152 Å². The summed E-state index contributed by atoms with van der Waals surface area (Å²) in [6.45, 7) is 26.7. The van der Waals surface area contributed by atoms with E-state index in [-0.39, 0.29) is 18.4 Å². The average Bonchev–Trinajstić information content (AvgIpc) is 3.52. The van der Waals surface area contributed by atoms with E-state index in [1.54, 1.807) is 0 Å². The van der Waals surface area contributed by atoms with Gasteiger partial charge in [-0.25, -0.2) is 0 Å². The maximum atomic E-state index is 5.78. The van der Waals surface area contributed by atoms with Crippen molar-refractivity contribution in [1.82, 2.24) is 4.90 Å². The van der Waals surface area contributed by atoms with Crippen LogP contribution in [0.4, 0.5) is 0 Å². The Hall–Kier alpha value is -3.01. The van der Waals surface area contributed by atoms with Crippen molar-refractivity contribution in [3.8, 4) is 11.5 Å². The zero-order chi connectivity index (χ0) is 37.6. The summed E-state index contributed by atoms with van der Waals surface area (Å²) in [6.07, 6.45) is 31.6. The maximum absolute atomic E-state index is 5.78. The normalized spacial score (nSPS) is 14.3. The van der Waals surface area contributed by atoms with Crippen LogP contribution in [0.3, 0.4) is 0 Å². The lowest BCUT2D eigenvalue weighted by atomic mass is 10.00. The first-order valence-electron chi connectivity index (χ1n) is 19.6. The molecule has 0 bridgehead atoms. The summed E-state index contributed by atoms with van der Waals surface area (Å²) >= 11 is 0. The minimum atomic E-state index is 0. The monoisotopic (exact) mass is 732 g/mol. The van der Waals surface area contributed by atoms with Crippen LogP contribution in [0, 0.1) is 0 Å². The molecule has 1 aromatic rings. The van der Waals surface area contributed by atoms with Crippen molar-refractivity contribution in [3.05, 3.63) is 117 Å². The first kappa shape index (κ1) is 47.0. The second-order valence-corrected chi connectivity index (χ2v) is 15.7. The Bertz CT molecular complexity index is 1450. The van der Waals surface area contributed by atoms with Crippen LogP contribution in [0.15, 0.2) is 111 Å². The van der Waals surface area contributed by atoms with Crippen LogP contribution in [0.2, 0.25) is 0 Å². The molecule has 3 nitrogen and oxygen atoms in total. The number of hydrogen-bond donors (Lipinski definition) is 0. The van der Waals surface area contributed by atoms with E-state index in [0.717, 1.165) is 95.2 Å². The Morgan fingerprint density at radius 2 is 1.00 bits per heavy atom. The first-order chi connectivity index (χ1) is 24.3. The van der Waals surface area contributed by atoms with E-state index in [9.17, 15) is 0 Å². The lowest BCUT2D eigenvalue weighted by Crippen LogP contribution is -2.34. The Labute approximate surface area is 326 Å². The minimum absolute atomic E-state index is 0. The molecule has 290 valence electrons. The van der Waals surface area contributed by atoms with Gasteiger partial charge in [-0.1, -0.05) is 99.3 Å². The molecule has 1 atom stereocenters. The largest absolute Gasteiger partial charge is 0.454 e. The molecule has 1 aliphatic heterocycles. The maximum Gasteiger partial charge on any atom is 0.231 e. The van der Waals surface area contributed by atoms with Gasteiger partial charge in [-0.05, 0) is 164 Å². The minimum Gasteiger partial charge on any atom is -0.454 e. The first-order valence-corrected chi connectivity index (χ1v) is 19.6. The van der Waals surface area contributed by atoms with Gasteiger partial charge in [-0.2, -0.15) is 0 Å². The zero-order valence-electron chi connectivity index (χ0n) is 35.0. The molecular weight excluding hydrogens is 658 g/mol. The number of allylic oxidation sites excluding steroid dienone is 13. The molecule has 1 aliphatic rings. The lowest BCUT2D eigenvalue weighted by Gasteiger charge is -2.30. The van der Waals surface area contributed by atoms with Crippen molar-refractivity contribution in [1.29, 1.82) is 0 Å². The summed E-state index contributed by atoms with van der Waals surface area (Å²) in [6, 6.07) is 6.73. The molecule has 1 unspecified atom stereocenters. The van der Waals surface area contributed by atoms with Gasteiger partial charge in [-0.3, -0.25) is 4.90 Å². The van der Waals surface area contributed by atoms with Crippen LogP contribution in [0.25, 0.3) is 0 Å². The zero-order valence-corrected chi connectivity index (χ0v) is 35.8. The molecule has 1 heterocycles. The summed E-state index contributed by atoms with van der Waals surface area (Å²) in [5.74, 6) is 1.70. The Balaban J connectivity index is 0.0000135. The lowest BCUT2D eigenvalue weighted by molar-refractivity contribution is 0.174. The third-order valence-electron chi connectivity index (χ3n) is 9.49. The van der Waals surface area contributed by atoms with Gasteiger partial charge in [0, 0.05) is 19.1 Å². The second kappa shape index (κ2) is 26.7. The van der Waals surface area contributed by atoms with E-state index in [1.165, 1.54) is 50.1 Å². The number of hydrogen-bond acceptors (Lipinski definition) is 3. The fourth-order valence-corrected chi connectivity index (χ4v) is 6.19. The smallest absolute Gasteiger partial charge is 0.231 e. The van der Waals surface area contributed by atoms with Gasteiger partial charge in [0.05, 0.1) is 0 Å². The second-order valence-electron chi connectivity index (χ2n) is 15.7. The van der Waals surface area contributed by atoms with Gasteiger partial charge in [0.25, 0.3) is 0 Å². The molecule has 2 rings (SSSR count). The molecule has 0 aromatic heterocycles. The highest BCUT2D eigenvalue weighted by atomic mass is 35.5. The van der Waals surface area contributed by atoms with E-state index in [2.05, 4.69) is 148 Å². The number of benzene rings is 1. The molecule has 0 saturated carbocycles. The van der Waals surface area contributed by atoms with E-state index in [0.29, 0.717) is 6.79 Å². The van der Waals surface area contributed by atoms with Gasteiger partial charge in [-0.15, -0.1) is 12.4 Å². The molecule has 4 heteroatoms. The predicted octanol–water partition coefficient (Wildman–Crippen LogP) is 14.9. The molecule has 0 radical (unpaired) electrons. The van der Waals surface area contributed by atoms with Crippen LogP contribution in [-0.2, 0) is 6.54 Å². The van der Waals surface area contributed by atoms with Crippen molar-refractivity contribution < 1.29 is 9.47 Å². The Morgan fingerprint density at radius 1 is 0.558 bits per heavy atom. The SMILES string of the molecule is CC(C)=CCCC(C)=CCCC(C)=CCC(C=C(C)CCC=C(C)CCC=C(C)C)N(C/C=C(\C)CCC=C(C)C)Cc1ccc2c(c1)OCO2.Cl. The summed E-state index contributed by atoms with van der Waals surface area (Å²) in [5, 5.41) is 0. The molecule has 0 amide bonds. The van der Waals surface area contributed by atoms with Crippen LogP contribution in [0.5, 0.6) is 11.5 Å². The number of ether oxygens (including phenoxy) is 2. The number of nitrogens with zero attached hydrogens (tertiary/aromatic N) is 1. The van der Waals surface area contributed by atoms with Gasteiger partial charge in [0.1, 0.15) is 0 Å². The molecule has 0 N–H and O–H groups in total. The fourth-order valence-electron chi connectivity index (χ4n) is 6.19. The van der Waals surface area contributed by atoms with Crippen molar-refractivity contribution >= 4 is 12.4 Å². The molecule has 0 spiro atoms. The van der Waals surface area contributed by atoms with E-state index < -0.39 is 0 Å². The van der Waals surface area contributed by atoms with E-state index >= 15 is 0 Å². The van der Waals surface area contributed by atoms with Crippen molar-refractivity contribution in [2.24, 2.45) is 0 Å². The highest BCUT2D eigenvalue weighted by Crippen LogP contribution is 2.33. The van der Waals surface area contributed by atoms with Crippen LogP contribution >= 0.6 is 12.4 Å². The Morgan fingerprint density at radius 3 is 1.52 bits per heavy atom. The van der Waals surface area contributed by atoms with Gasteiger partial charge < -0.3 is 9.47 Å². The van der Waals surface area contributed by atoms with Crippen molar-refractivity contribution in [3.63, 3.8) is 0 Å². The standard InChI is InChI=1S/C48H73NO2.ClH/c1-37(2)17-12-20-40(7)23-15-25-42(9)27-29-46(33-44(11)26-16-24-41(8)21-13-18-38(3)4)49(32-31-43(10)22-14-19-39(5)6)35-45-28-30-47-48(34-45)51-36-50-47;/h17-19,23-24,27-28,30-31,33-34,46H,12-16,20-22,25-26,29,32,35-36H2,1-11H3;1H/b40-23?,41-24?,42-27?,43-31+,44-33?;. The third-order valence-corrected chi connectivity index (χ3v) is 9.49. The molecule has 52 heavy (non-hydrogen) atoms. The summed E-state index contributed by atoms with van der Waals surface area (Å²) < 4.78 is 11.4. The third kappa shape index (κ3) is 21.5. The summed E-state index contributed by atoms with van der Waals surface area (Å²) in [5.41, 5.74) is 12.9.